The van der Waals surface area contributed by atoms with Gasteiger partial charge in [0.05, 0.1) is 22.1 Å². The molecule has 2 atom stereocenters. The fourth-order valence-corrected chi connectivity index (χ4v) is 4.99. The summed E-state index contributed by atoms with van der Waals surface area (Å²) < 4.78 is 28.5. The van der Waals surface area contributed by atoms with Gasteiger partial charge in [-0.1, -0.05) is 23.2 Å². The summed E-state index contributed by atoms with van der Waals surface area (Å²) in [5.74, 6) is -1.16. The summed E-state index contributed by atoms with van der Waals surface area (Å²) >= 11 is 11.8. The number of sulfone groups is 1. The zero-order valence-corrected chi connectivity index (χ0v) is 16.2. The van der Waals surface area contributed by atoms with Crippen molar-refractivity contribution in [1.82, 2.24) is 4.90 Å². The maximum Gasteiger partial charge on any atom is 0.340 e. The summed E-state index contributed by atoms with van der Waals surface area (Å²) in [5.41, 5.74) is 0.109. The van der Waals surface area contributed by atoms with Gasteiger partial charge in [0.1, 0.15) is 0 Å². The van der Waals surface area contributed by atoms with E-state index in [2.05, 4.69) is 0 Å². The third kappa shape index (κ3) is 4.86. The minimum absolute atomic E-state index is 0.0593. The molecule has 2 rings (SSSR count). The van der Waals surface area contributed by atoms with Gasteiger partial charge in [-0.25, -0.2) is 13.2 Å². The van der Waals surface area contributed by atoms with Crippen LogP contribution in [0.4, 0.5) is 0 Å². The Bertz CT molecular complexity index is 781. The molecule has 1 aliphatic rings. The van der Waals surface area contributed by atoms with E-state index in [4.69, 9.17) is 27.9 Å². The van der Waals surface area contributed by atoms with Crippen LogP contribution in [0.25, 0.3) is 0 Å². The Balaban J connectivity index is 2.06. The third-order valence-electron chi connectivity index (χ3n) is 4.06. The molecule has 25 heavy (non-hydrogen) atoms. The largest absolute Gasteiger partial charge is 0.449 e. The lowest BCUT2D eigenvalue weighted by Crippen LogP contribution is -2.46. The summed E-state index contributed by atoms with van der Waals surface area (Å²) in [4.78, 5) is 26.2. The van der Waals surface area contributed by atoms with Crippen LogP contribution in [0.2, 0.25) is 10.0 Å². The van der Waals surface area contributed by atoms with E-state index >= 15 is 0 Å². The molecule has 138 valence electrons. The van der Waals surface area contributed by atoms with Crippen LogP contribution >= 0.6 is 23.2 Å². The van der Waals surface area contributed by atoms with Gasteiger partial charge >= 0.3 is 5.97 Å². The van der Waals surface area contributed by atoms with Gasteiger partial charge in [-0.3, -0.25) is 4.79 Å². The first-order valence-corrected chi connectivity index (χ1v) is 10.4. The van der Waals surface area contributed by atoms with E-state index in [1.807, 2.05) is 0 Å². The average Bonchev–Trinajstić information content (AvgIpc) is 2.87. The Labute approximate surface area is 157 Å². The van der Waals surface area contributed by atoms with Gasteiger partial charge in [0.15, 0.2) is 15.9 Å². The van der Waals surface area contributed by atoms with E-state index in [1.54, 1.807) is 6.92 Å². The van der Waals surface area contributed by atoms with E-state index in [0.29, 0.717) is 18.0 Å². The molecule has 0 saturated carbocycles. The smallest absolute Gasteiger partial charge is 0.340 e. The predicted molar refractivity (Wildman–Crippen MR) is 95.8 cm³/mol. The normalized spacial score (nSPS) is 20.1. The Morgan fingerprint density at radius 2 is 2.04 bits per heavy atom. The minimum atomic E-state index is -3.12. The molecule has 1 heterocycles. The SMILES string of the molecule is CCN(C(=O)[C@H](C)OC(=O)c1ccc(Cl)cc1Cl)[C@H]1CCS(=O)(=O)C1. The number of halogens is 2. The second-order valence-electron chi connectivity index (χ2n) is 5.85. The van der Waals surface area contributed by atoms with Crippen molar-refractivity contribution in [2.75, 3.05) is 18.1 Å². The van der Waals surface area contributed by atoms with Gasteiger partial charge in [-0.05, 0) is 38.5 Å². The highest BCUT2D eigenvalue weighted by Crippen LogP contribution is 2.23. The lowest BCUT2D eigenvalue weighted by atomic mass is 10.2. The lowest BCUT2D eigenvalue weighted by molar-refractivity contribution is -0.141. The molecule has 1 fully saturated rings. The number of ether oxygens (including phenoxy) is 1. The van der Waals surface area contributed by atoms with Crippen molar-refractivity contribution in [3.8, 4) is 0 Å². The van der Waals surface area contributed by atoms with Crippen molar-refractivity contribution in [1.29, 1.82) is 0 Å². The van der Waals surface area contributed by atoms with E-state index < -0.39 is 27.8 Å². The van der Waals surface area contributed by atoms with Crippen molar-refractivity contribution in [3.63, 3.8) is 0 Å². The summed E-state index contributed by atoms with van der Waals surface area (Å²) in [6.45, 7) is 3.55. The lowest BCUT2D eigenvalue weighted by Gasteiger charge is -2.29. The van der Waals surface area contributed by atoms with E-state index in [1.165, 1.54) is 30.0 Å². The van der Waals surface area contributed by atoms with Gasteiger partial charge in [0, 0.05) is 17.6 Å². The number of carbonyl (C=O) groups excluding carboxylic acids is 2. The highest BCUT2D eigenvalue weighted by atomic mass is 35.5. The Kier molecular flexibility index (Phi) is 6.35. The second kappa shape index (κ2) is 7.93. The maximum atomic E-state index is 12.6. The molecule has 0 aliphatic carbocycles. The van der Waals surface area contributed by atoms with Gasteiger partial charge in [0.25, 0.3) is 5.91 Å². The molecule has 0 radical (unpaired) electrons. The fourth-order valence-electron chi connectivity index (χ4n) is 2.78. The summed E-state index contributed by atoms with van der Waals surface area (Å²) in [6.07, 6.45) is -0.659. The van der Waals surface area contributed by atoms with E-state index in [-0.39, 0.29) is 28.1 Å². The number of carbonyl (C=O) groups is 2. The van der Waals surface area contributed by atoms with Crippen molar-refractivity contribution in [2.24, 2.45) is 0 Å². The number of esters is 1. The minimum Gasteiger partial charge on any atom is -0.449 e. The van der Waals surface area contributed by atoms with Crippen LogP contribution in [0.15, 0.2) is 18.2 Å². The molecule has 0 unspecified atom stereocenters. The van der Waals surface area contributed by atoms with Crippen LogP contribution < -0.4 is 0 Å². The van der Waals surface area contributed by atoms with E-state index in [9.17, 15) is 18.0 Å². The average molecular weight is 408 g/mol. The molecule has 1 amide bonds. The summed E-state index contributed by atoms with van der Waals surface area (Å²) in [7, 11) is -3.12. The van der Waals surface area contributed by atoms with Gasteiger partial charge < -0.3 is 9.64 Å². The predicted octanol–water partition coefficient (Wildman–Crippen LogP) is 2.57. The summed E-state index contributed by atoms with van der Waals surface area (Å²) in [5, 5.41) is 0.511. The number of hydrogen-bond acceptors (Lipinski definition) is 5. The van der Waals surface area contributed by atoms with Crippen molar-refractivity contribution >= 4 is 44.9 Å². The first kappa shape index (κ1) is 20.0. The molecular formula is C16H19Cl2NO5S. The van der Waals surface area contributed by atoms with Gasteiger partial charge in [-0.15, -0.1) is 0 Å². The fraction of sp³-hybridized carbons (Fsp3) is 0.500. The molecule has 0 N–H and O–H groups in total. The maximum absolute atomic E-state index is 12.6. The highest BCUT2D eigenvalue weighted by molar-refractivity contribution is 7.91. The molecule has 1 aromatic carbocycles. The Morgan fingerprint density at radius 3 is 2.56 bits per heavy atom. The third-order valence-corrected chi connectivity index (χ3v) is 6.35. The van der Waals surface area contributed by atoms with Gasteiger partial charge in [-0.2, -0.15) is 0 Å². The number of likely N-dealkylation sites (N-methyl/N-ethyl adjacent to an activating group) is 1. The van der Waals surface area contributed by atoms with Crippen molar-refractivity contribution in [2.45, 2.75) is 32.4 Å². The van der Waals surface area contributed by atoms with Crippen LogP contribution in [-0.4, -0.2) is 55.4 Å². The van der Waals surface area contributed by atoms with Crippen molar-refractivity contribution < 1.29 is 22.7 Å². The molecule has 6 nitrogen and oxygen atoms in total. The number of nitrogens with zero attached hydrogens (tertiary/aromatic N) is 1. The molecule has 9 heteroatoms. The van der Waals surface area contributed by atoms with Gasteiger partial charge in [0.2, 0.25) is 0 Å². The molecular weight excluding hydrogens is 389 g/mol. The zero-order chi connectivity index (χ0) is 18.8. The van der Waals surface area contributed by atoms with Crippen molar-refractivity contribution in [3.05, 3.63) is 33.8 Å². The number of rotatable bonds is 5. The standard InChI is InChI=1S/C16H19Cl2NO5S/c1-3-19(12-6-7-25(22,23)9-12)15(20)10(2)24-16(21)13-5-4-11(17)8-14(13)18/h4-5,8,10,12H,3,6-7,9H2,1-2H3/t10-,12-/m0/s1. The highest BCUT2D eigenvalue weighted by Gasteiger charge is 2.36. The number of benzene rings is 1. The van der Waals surface area contributed by atoms with Crippen LogP contribution in [0.1, 0.15) is 30.6 Å². The van der Waals surface area contributed by atoms with Crippen LogP contribution in [-0.2, 0) is 19.4 Å². The molecule has 1 aromatic rings. The molecule has 1 aliphatic heterocycles. The monoisotopic (exact) mass is 407 g/mol. The summed E-state index contributed by atoms with van der Waals surface area (Å²) in [6, 6.07) is 3.94. The molecule has 0 aromatic heterocycles. The van der Waals surface area contributed by atoms with Crippen LogP contribution in [0, 0.1) is 0 Å². The van der Waals surface area contributed by atoms with E-state index in [0.717, 1.165) is 0 Å². The first-order chi connectivity index (χ1) is 11.6. The second-order valence-corrected chi connectivity index (χ2v) is 8.93. The Morgan fingerprint density at radius 1 is 1.36 bits per heavy atom. The molecule has 0 bridgehead atoms. The molecule has 1 saturated heterocycles. The number of amides is 1. The number of hydrogen-bond donors (Lipinski definition) is 0. The first-order valence-electron chi connectivity index (χ1n) is 7.81. The molecule has 0 spiro atoms. The topological polar surface area (TPSA) is 80.8 Å². The van der Waals surface area contributed by atoms with Crippen LogP contribution in [0.5, 0.6) is 0 Å². The zero-order valence-electron chi connectivity index (χ0n) is 13.9. The Hall–Kier alpha value is -1.31. The quantitative estimate of drug-likeness (QED) is 0.700. The van der Waals surface area contributed by atoms with Crippen LogP contribution in [0.3, 0.4) is 0 Å².